The summed E-state index contributed by atoms with van der Waals surface area (Å²) in [5.41, 5.74) is 8.81. The molecule has 2 rings (SSSR count). The Morgan fingerprint density at radius 2 is 2.10 bits per heavy atom. The molecular formula is C16H22N4O. The Morgan fingerprint density at radius 3 is 2.71 bits per heavy atom. The van der Waals surface area contributed by atoms with Crippen molar-refractivity contribution >= 4 is 5.91 Å². The predicted octanol–water partition coefficient (Wildman–Crippen LogP) is 2.21. The van der Waals surface area contributed by atoms with Gasteiger partial charge >= 0.3 is 0 Å². The zero-order valence-corrected chi connectivity index (χ0v) is 12.3. The van der Waals surface area contributed by atoms with Crippen molar-refractivity contribution in [3.05, 3.63) is 42.1 Å². The molecule has 1 atom stereocenters. The SMILES string of the molecule is CC(N)CCCC(=O)NCc1ccc(-c2ccn[nH]2)cc1. The van der Waals surface area contributed by atoms with Gasteiger partial charge in [0.15, 0.2) is 0 Å². The quantitative estimate of drug-likeness (QED) is 0.729. The molecule has 4 N–H and O–H groups in total. The van der Waals surface area contributed by atoms with E-state index >= 15 is 0 Å². The highest BCUT2D eigenvalue weighted by molar-refractivity contribution is 5.75. The fraction of sp³-hybridized carbons (Fsp3) is 0.375. The molecule has 1 aromatic heterocycles. The molecule has 5 nitrogen and oxygen atoms in total. The molecule has 1 unspecified atom stereocenters. The standard InChI is InChI=1S/C16H22N4O/c1-12(17)3-2-4-16(21)18-11-13-5-7-14(8-6-13)15-9-10-19-20-15/h5-10,12H,2-4,11,17H2,1H3,(H,18,21)(H,19,20). The van der Waals surface area contributed by atoms with E-state index in [-0.39, 0.29) is 11.9 Å². The molecule has 0 aliphatic carbocycles. The Labute approximate surface area is 124 Å². The molecule has 0 aliphatic rings. The van der Waals surface area contributed by atoms with Gasteiger partial charge in [-0.25, -0.2) is 0 Å². The molecule has 1 heterocycles. The molecule has 0 bridgehead atoms. The molecule has 5 heteroatoms. The second-order valence-corrected chi connectivity index (χ2v) is 5.31. The Morgan fingerprint density at radius 1 is 1.33 bits per heavy atom. The average Bonchev–Trinajstić information content (AvgIpc) is 2.99. The van der Waals surface area contributed by atoms with Crippen LogP contribution >= 0.6 is 0 Å². The second-order valence-electron chi connectivity index (χ2n) is 5.31. The smallest absolute Gasteiger partial charge is 0.220 e. The van der Waals surface area contributed by atoms with Gasteiger partial charge in [-0.05, 0) is 37.0 Å². The number of nitrogens with zero attached hydrogens (tertiary/aromatic N) is 1. The summed E-state index contributed by atoms with van der Waals surface area (Å²) in [6.45, 7) is 2.51. The third-order valence-electron chi connectivity index (χ3n) is 3.32. The van der Waals surface area contributed by atoms with Crippen LogP contribution < -0.4 is 11.1 Å². The highest BCUT2D eigenvalue weighted by Crippen LogP contribution is 2.16. The normalized spacial score (nSPS) is 12.1. The van der Waals surface area contributed by atoms with Crippen molar-refractivity contribution in [1.82, 2.24) is 15.5 Å². The molecule has 1 amide bonds. The van der Waals surface area contributed by atoms with E-state index < -0.39 is 0 Å². The third kappa shape index (κ3) is 5.04. The summed E-state index contributed by atoms with van der Waals surface area (Å²) >= 11 is 0. The van der Waals surface area contributed by atoms with Crippen LogP contribution in [0, 0.1) is 0 Å². The largest absolute Gasteiger partial charge is 0.352 e. The first-order chi connectivity index (χ1) is 10.1. The molecular weight excluding hydrogens is 264 g/mol. The van der Waals surface area contributed by atoms with Crippen molar-refractivity contribution < 1.29 is 4.79 Å². The van der Waals surface area contributed by atoms with Crippen molar-refractivity contribution in [3.8, 4) is 11.3 Å². The average molecular weight is 286 g/mol. The first kappa shape index (κ1) is 15.3. The number of benzene rings is 1. The summed E-state index contributed by atoms with van der Waals surface area (Å²) in [4.78, 5) is 11.7. The van der Waals surface area contributed by atoms with Crippen LogP contribution in [0.4, 0.5) is 0 Å². The van der Waals surface area contributed by atoms with Crippen LogP contribution in [0.2, 0.25) is 0 Å². The van der Waals surface area contributed by atoms with Gasteiger partial charge in [0.1, 0.15) is 0 Å². The van der Waals surface area contributed by atoms with Crippen LogP contribution in [0.15, 0.2) is 36.5 Å². The lowest BCUT2D eigenvalue weighted by molar-refractivity contribution is -0.121. The lowest BCUT2D eigenvalue weighted by Gasteiger charge is -2.07. The third-order valence-corrected chi connectivity index (χ3v) is 3.32. The molecule has 0 saturated carbocycles. The van der Waals surface area contributed by atoms with Crippen LogP contribution in [0.25, 0.3) is 11.3 Å². The van der Waals surface area contributed by atoms with Gasteiger partial charge in [-0.2, -0.15) is 5.10 Å². The van der Waals surface area contributed by atoms with E-state index in [9.17, 15) is 4.79 Å². The van der Waals surface area contributed by atoms with Crippen LogP contribution in [0.1, 0.15) is 31.7 Å². The molecule has 2 aromatic rings. The summed E-state index contributed by atoms with van der Waals surface area (Å²) in [6, 6.07) is 10.1. The molecule has 0 aliphatic heterocycles. The fourth-order valence-corrected chi connectivity index (χ4v) is 2.09. The minimum absolute atomic E-state index is 0.0771. The van der Waals surface area contributed by atoms with E-state index in [0.717, 1.165) is 29.7 Å². The molecule has 21 heavy (non-hydrogen) atoms. The summed E-state index contributed by atoms with van der Waals surface area (Å²) < 4.78 is 0. The topological polar surface area (TPSA) is 83.8 Å². The van der Waals surface area contributed by atoms with Gasteiger partial charge in [-0.15, -0.1) is 0 Å². The maximum atomic E-state index is 11.7. The number of rotatable bonds is 7. The van der Waals surface area contributed by atoms with Gasteiger partial charge in [0.05, 0.1) is 5.69 Å². The van der Waals surface area contributed by atoms with Crippen molar-refractivity contribution in [2.24, 2.45) is 5.73 Å². The second kappa shape index (κ2) is 7.59. The molecule has 112 valence electrons. The Balaban J connectivity index is 1.77. The lowest BCUT2D eigenvalue weighted by atomic mass is 10.1. The van der Waals surface area contributed by atoms with E-state index in [1.54, 1.807) is 6.20 Å². The molecule has 0 fully saturated rings. The van der Waals surface area contributed by atoms with Gasteiger partial charge in [0.2, 0.25) is 5.91 Å². The van der Waals surface area contributed by atoms with Gasteiger partial charge in [0.25, 0.3) is 0 Å². The van der Waals surface area contributed by atoms with Crippen LogP contribution in [-0.2, 0) is 11.3 Å². The molecule has 0 saturated heterocycles. The van der Waals surface area contributed by atoms with Gasteiger partial charge in [-0.3, -0.25) is 9.89 Å². The van der Waals surface area contributed by atoms with Gasteiger partial charge in [0, 0.05) is 25.2 Å². The lowest BCUT2D eigenvalue weighted by Crippen LogP contribution is -2.23. The summed E-state index contributed by atoms with van der Waals surface area (Å²) in [6.07, 6.45) is 3.98. The highest BCUT2D eigenvalue weighted by atomic mass is 16.1. The maximum Gasteiger partial charge on any atom is 0.220 e. The number of aromatic nitrogens is 2. The van der Waals surface area contributed by atoms with Crippen LogP contribution in [0.5, 0.6) is 0 Å². The van der Waals surface area contributed by atoms with Crippen LogP contribution in [0.3, 0.4) is 0 Å². The number of nitrogens with one attached hydrogen (secondary N) is 2. The Bertz CT molecular complexity index is 546. The van der Waals surface area contributed by atoms with Crippen molar-refractivity contribution in [2.45, 2.75) is 38.8 Å². The van der Waals surface area contributed by atoms with E-state index in [1.807, 2.05) is 37.3 Å². The first-order valence-electron chi connectivity index (χ1n) is 7.26. The Kier molecular flexibility index (Phi) is 5.51. The number of carbonyl (C=O) groups excluding carboxylic acids is 1. The van der Waals surface area contributed by atoms with Crippen molar-refractivity contribution in [2.75, 3.05) is 0 Å². The minimum atomic E-state index is 0.0771. The number of hydrogen-bond donors (Lipinski definition) is 3. The van der Waals surface area contributed by atoms with Crippen molar-refractivity contribution in [1.29, 1.82) is 0 Å². The van der Waals surface area contributed by atoms with E-state index in [1.165, 1.54) is 0 Å². The first-order valence-corrected chi connectivity index (χ1v) is 7.26. The number of carbonyl (C=O) groups is 1. The monoisotopic (exact) mass is 286 g/mol. The van der Waals surface area contributed by atoms with Crippen molar-refractivity contribution in [3.63, 3.8) is 0 Å². The molecule has 0 spiro atoms. The number of H-pyrrole nitrogens is 1. The zero-order valence-electron chi connectivity index (χ0n) is 12.3. The van der Waals surface area contributed by atoms with E-state index in [0.29, 0.717) is 13.0 Å². The van der Waals surface area contributed by atoms with Crippen LogP contribution in [-0.4, -0.2) is 22.1 Å². The summed E-state index contributed by atoms with van der Waals surface area (Å²) in [5.74, 6) is 0.0771. The summed E-state index contributed by atoms with van der Waals surface area (Å²) in [5, 5.41) is 9.78. The number of nitrogens with two attached hydrogens (primary N) is 1. The van der Waals surface area contributed by atoms with Gasteiger partial charge < -0.3 is 11.1 Å². The van der Waals surface area contributed by atoms with Gasteiger partial charge in [-0.1, -0.05) is 24.3 Å². The highest BCUT2D eigenvalue weighted by Gasteiger charge is 2.03. The minimum Gasteiger partial charge on any atom is -0.352 e. The molecule has 0 radical (unpaired) electrons. The molecule has 1 aromatic carbocycles. The van der Waals surface area contributed by atoms with E-state index in [2.05, 4.69) is 15.5 Å². The number of amides is 1. The predicted molar refractivity (Wildman–Crippen MR) is 83.4 cm³/mol. The zero-order chi connectivity index (χ0) is 15.1. The fourth-order valence-electron chi connectivity index (χ4n) is 2.09. The van der Waals surface area contributed by atoms with E-state index in [4.69, 9.17) is 5.73 Å². The number of aromatic amines is 1. The maximum absolute atomic E-state index is 11.7. The number of hydrogen-bond acceptors (Lipinski definition) is 3. The summed E-state index contributed by atoms with van der Waals surface area (Å²) in [7, 11) is 0. The Hall–Kier alpha value is -2.14.